The van der Waals surface area contributed by atoms with Gasteiger partial charge in [-0.05, 0) is 15.9 Å². The molecule has 0 fully saturated rings. The number of rotatable bonds is 4. The predicted molar refractivity (Wildman–Crippen MR) is 57.3 cm³/mol. The summed E-state index contributed by atoms with van der Waals surface area (Å²) in [6, 6.07) is 0. The van der Waals surface area contributed by atoms with Crippen LogP contribution in [0.2, 0.25) is 0 Å². The third kappa shape index (κ3) is 2.68. The lowest BCUT2D eigenvalue weighted by atomic mass is 10.6. The predicted octanol–water partition coefficient (Wildman–Crippen LogP) is -1.40. The monoisotopic (exact) mass is 312 g/mol. The number of hydrogen-bond donors (Lipinski definition) is 3. The molecule has 0 bridgehead atoms. The summed E-state index contributed by atoms with van der Waals surface area (Å²) >= 11 is 2.95. The molecule has 0 spiro atoms. The van der Waals surface area contributed by atoms with E-state index < -0.39 is 10.0 Å². The van der Waals surface area contributed by atoms with Crippen LogP contribution in [0.5, 0.6) is 0 Å². The van der Waals surface area contributed by atoms with Crippen LogP contribution in [0.15, 0.2) is 14.8 Å². The quantitative estimate of drug-likeness (QED) is 0.271. The smallest absolute Gasteiger partial charge is 0.260 e. The summed E-state index contributed by atoms with van der Waals surface area (Å²) in [6.45, 7) is -0.309. The Hall–Kier alpha value is -1.20. The molecule has 4 N–H and O–H groups in total. The summed E-state index contributed by atoms with van der Waals surface area (Å²) in [4.78, 5) is 0. The van der Waals surface area contributed by atoms with Crippen LogP contribution in [0.4, 0.5) is 0 Å². The Kier molecular flexibility index (Phi) is 3.83. The van der Waals surface area contributed by atoms with Crippen molar-refractivity contribution in [2.75, 3.05) is 6.54 Å². The van der Waals surface area contributed by atoms with Crippen LogP contribution in [-0.4, -0.2) is 41.0 Å². The highest BCUT2D eigenvalue weighted by Gasteiger charge is 2.23. The van der Waals surface area contributed by atoms with Gasteiger partial charge in [-0.15, -0.1) is 5.10 Å². The third-order valence-electron chi connectivity index (χ3n) is 1.56. The summed E-state index contributed by atoms with van der Waals surface area (Å²) in [5, 5.41) is 17.8. The molecule has 0 saturated carbocycles. The molecule has 11 heteroatoms. The van der Waals surface area contributed by atoms with Gasteiger partial charge in [0.2, 0.25) is 5.03 Å². The fourth-order valence-electron chi connectivity index (χ4n) is 0.881. The molecule has 1 aromatic rings. The van der Waals surface area contributed by atoms with E-state index in [1.807, 2.05) is 0 Å². The standard InChI is InChI=1S/C5H9BrN6O3S/c1-12-5(4(6)9-11-12)16(14,15)8-2-3(7)10-13/h8,13H,2H2,1H3,(H2,7,10). The Morgan fingerprint density at radius 1 is 1.75 bits per heavy atom. The summed E-state index contributed by atoms with van der Waals surface area (Å²) in [6.07, 6.45) is 0. The van der Waals surface area contributed by atoms with Crippen LogP contribution < -0.4 is 10.5 Å². The van der Waals surface area contributed by atoms with Crippen molar-refractivity contribution in [1.29, 1.82) is 0 Å². The first-order chi connectivity index (χ1) is 7.38. The molecule has 0 amide bonds. The molecule has 9 nitrogen and oxygen atoms in total. The van der Waals surface area contributed by atoms with Gasteiger partial charge in [-0.25, -0.2) is 17.8 Å². The van der Waals surface area contributed by atoms with Crippen LogP contribution in [0, 0.1) is 0 Å². The maximum atomic E-state index is 11.7. The SMILES string of the molecule is Cn1nnc(Br)c1S(=O)(=O)NCC(N)=NO. The van der Waals surface area contributed by atoms with E-state index >= 15 is 0 Å². The van der Waals surface area contributed by atoms with Gasteiger partial charge >= 0.3 is 0 Å². The number of nitrogens with one attached hydrogen (secondary N) is 1. The molecule has 0 aliphatic rings. The maximum Gasteiger partial charge on any atom is 0.260 e. The minimum Gasteiger partial charge on any atom is -0.409 e. The summed E-state index contributed by atoms with van der Waals surface area (Å²) < 4.78 is 26.7. The average Bonchev–Trinajstić information content (AvgIpc) is 2.55. The molecule has 0 aliphatic carbocycles. The van der Waals surface area contributed by atoms with E-state index in [0.717, 1.165) is 4.68 Å². The lowest BCUT2D eigenvalue weighted by Crippen LogP contribution is -2.34. The topological polar surface area (TPSA) is 135 Å². The van der Waals surface area contributed by atoms with E-state index in [0.29, 0.717) is 0 Å². The molecule has 0 aromatic carbocycles. The number of sulfonamides is 1. The van der Waals surface area contributed by atoms with Crippen molar-refractivity contribution in [2.24, 2.45) is 17.9 Å². The second-order valence-corrected chi connectivity index (χ2v) is 5.16. The fourth-order valence-corrected chi connectivity index (χ4v) is 2.97. The Morgan fingerprint density at radius 2 is 2.38 bits per heavy atom. The van der Waals surface area contributed by atoms with Gasteiger partial charge in [0.25, 0.3) is 10.0 Å². The molecule has 1 rings (SSSR count). The minimum atomic E-state index is -3.81. The lowest BCUT2D eigenvalue weighted by Gasteiger charge is -2.05. The second-order valence-electron chi connectivity index (χ2n) is 2.72. The van der Waals surface area contributed by atoms with E-state index in [-0.39, 0.29) is 22.0 Å². The lowest BCUT2D eigenvalue weighted by molar-refractivity contribution is 0.317. The number of halogens is 1. The molecule has 0 unspecified atom stereocenters. The molecule has 0 atom stereocenters. The van der Waals surface area contributed by atoms with E-state index in [4.69, 9.17) is 10.9 Å². The molecule has 90 valence electrons. The average molecular weight is 313 g/mol. The first-order valence-corrected chi connectivity index (χ1v) is 6.17. The van der Waals surface area contributed by atoms with Crippen molar-refractivity contribution in [3.63, 3.8) is 0 Å². The third-order valence-corrected chi connectivity index (χ3v) is 3.85. The molecule has 0 saturated heterocycles. The van der Waals surface area contributed by atoms with E-state index in [1.165, 1.54) is 7.05 Å². The van der Waals surface area contributed by atoms with Gasteiger partial charge in [-0.1, -0.05) is 10.4 Å². The number of nitrogens with zero attached hydrogens (tertiary/aromatic N) is 4. The number of nitrogens with two attached hydrogens (primary N) is 1. The van der Waals surface area contributed by atoms with Gasteiger partial charge in [0.05, 0.1) is 6.54 Å². The van der Waals surface area contributed by atoms with Crippen molar-refractivity contribution in [3.05, 3.63) is 4.60 Å². The molecular formula is C5H9BrN6O3S. The van der Waals surface area contributed by atoms with Gasteiger partial charge in [0.1, 0.15) is 0 Å². The van der Waals surface area contributed by atoms with Gasteiger partial charge in [-0.3, -0.25) is 0 Å². The van der Waals surface area contributed by atoms with Crippen molar-refractivity contribution in [2.45, 2.75) is 5.03 Å². The highest BCUT2D eigenvalue weighted by atomic mass is 79.9. The van der Waals surface area contributed by atoms with Crippen LogP contribution in [0.3, 0.4) is 0 Å². The van der Waals surface area contributed by atoms with Crippen LogP contribution in [0.1, 0.15) is 0 Å². The van der Waals surface area contributed by atoms with Gasteiger partial charge in [0.15, 0.2) is 10.4 Å². The molecule has 1 aromatic heterocycles. The summed E-state index contributed by atoms with van der Waals surface area (Å²) in [5.41, 5.74) is 5.13. The van der Waals surface area contributed by atoms with Gasteiger partial charge in [0, 0.05) is 7.05 Å². The Labute approximate surface area is 99.5 Å². The Morgan fingerprint density at radius 3 is 2.81 bits per heavy atom. The van der Waals surface area contributed by atoms with Crippen molar-refractivity contribution in [1.82, 2.24) is 19.7 Å². The second kappa shape index (κ2) is 4.76. The summed E-state index contributed by atoms with van der Waals surface area (Å²) in [7, 11) is -2.39. The largest absolute Gasteiger partial charge is 0.409 e. The van der Waals surface area contributed by atoms with Crippen LogP contribution >= 0.6 is 15.9 Å². The number of amidine groups is 1. The van der Waals surface area contributed by atoms with Crippen molar-refractivity contribution >= 4 is 31.8 Å². The minimum absolute atomic E-state index is 0.0852. The van der Waals surface area contributed by atoms with Crippen LogP contribution in [-0.2, 0) is 17.1 Å². The first kappa shape index (κ1) is 12.9. The van der Waals surface area contributed by atoms with Crippen LogP contribution in [0.25, 0.3) is 0 Å². The molecule has 0 radical (unpaired) electrons. The highest BCUT2D eigenvalue weighted by molar-refractivity contribution is 9.10. The zero-order valence-corrected chi connectivity index (χ0v) is 10.5. The summed E-state index contributed by atoms with van der Waals surface area (Å²) in [5.74, 6) is -0.255. The normalized spacial score (nSPS) is 13.0. The number of aryl methyl sites for hydroxylation is 1. The molecular weight excluding hydrogens is 304 g/mol. The Balaban J connectivity index is 2.95. The highest BCUT2D eigenvalue weighted by Crippen LogP contribution is 2.16. The zero-order valence-electron chi connectivity index (χ0n) is 8.12. The van der Waals surface area contributed by atoms with Gasteiger partial charge < -0.3 is 10.9 Å². The number of aromatic nitrogens is 3. The first-order valence-electron chi connectivity index (χ1n) is 3.89. The molecule has 16 heavy (non-hydrogen) atoms. The zero-order chi connectivity index (χ0) is 12.3. The van der Waals surface area contributed by atoms with Gasteiger partial charge in [-0.2, -0.15) is 0 Å². The molecule has 1 heterocycles. The van der Waals surface area contributed by atoms with Crippen molar-refractivity contribution in [3.8, 4) is 0 Å². The van der Waals surface area contributed by atoms with E-state index in [2.05, 4.69) is 36.1 Å². The van der Waals surface area contributed by atoms with E-state index in [9.17, 15) is 8.42 Å². The number of hydrogen-bond acceptors (Lipinski definition) is 6. The Bertz CT molecular complexity index is 489. The molecule has 0 aliphatic heterocycles. The fraction of sp³-hybridized carbons (Fsp3) is 0.400. The van der Waals surface area contributed by atoms with E-state index in [1.54, 1.807) is 0 Å². The number of oxime groups is 1. The maximum absolute atomic E-state index is 11.7. The van der Waals surface area contributed by atoms with Crippen molar-refractivity contribution < 1.29 is 13.6 Å².